The van der Waals surface area contributed by atoms with Gasteiger partial charge in [0, 0.05) is 76.7 Å². The number of hydrogen-bond acceptors (Lipinski definition) is 10. The van der Waals surface area contributed by atoms with Gasteiger partial charge in [-0.25, -0.2) is 9.97 Å². The number of piperidine rings is 2. The molecule has 0 saturated carbocycles. The zero-order chi connectivity index (χ0) is 37.5. The van der Waals surface area contributed by atoms with Crippen LogP contribution in [0.5, 0.6) is 11.5 Å². The third kappa shape index (κ3) is 7.27. The van der Waals surface area contributed by atoms with E-state index in [0.29, 0.717) is 64.4 Å². The van der Waals surface area contributed by atoms with Crippen molar-refractivity contribution in [3.8, 4) is 22.9 Å². The highest BCUT2D eigenvalue weighted by Gasteiger charge is 2.32. The molecule has 280 valence electrons. The van der Waals surface area contributed by atoms with Crippen molar-refractivity contribution in [3.63, 3.8) is 0 Å². The van der Waals surface area contributed by atoms with Crippen LogP contribution in [-0.4, -0.2) is 103 Å². The maximum atomic E-state index is 13.7. The van der Waals surface area contributed by atoms with Crippen LogP contribution < -0.4 is 15.0 Å². The second-order valence-electron chi connectivity index (χ2n) is 14.7. The Kier molecular flexibility index (Phi) is 9.80. The first kappa shape index (κ1) is 35.7. The minimum Gasteiger partial charge on any atom is -0.453 e. The molecule has 3 aliphatic rings. The second kappa shape index (κ2) is 14.8. The van der Waals surface area contributed by atoms with Gasteiger partial charge in [-0.2, -0.15) is 5.10 Å². The molecule has 2 N–H and O–H groups in total. The predicted molar refractivity (Wildman–Crippen MR) is 204 cm³/mol. The topological polar surface area (TPSA) is 154 Å². The first-order valence-electron chi connectivity index (χ1n) is 18.5. The molecule has 0 aliphatic carbocycles. The number of aryl methyl sites for hydroxylation is 2. The molecule has 3 fully saturated rings. The molecule has 15 heteroatoms. The molecule has 2 atom stereocenters. The lowest BCUT2D eigenvalue weighted by atomic mass is 9.91. The van der Waals surface area contributed by atoms with Crippen molar-refractivity contribution in [1.29, 1.82) is 0 Å². The fraction of sp³-hybridized carbons (Fsp3) is 0.410. The Morgan fingerprint density at radius 1 is 1.04 bits per heavy atom. The van der Waals surface area contributed by atoms with Crippen LogP contribution in [0.2, 0.25) is 5.02 Å². The van der Waals surface area contributed by atoms with Crippen molar-refractivity contribution in [2.75, 3.05) is 44.2 Å². The highest BCUT2D eigenvalue weighted by Crippen LogP contribution is 2.36. The van der Waals surface area contributed by atoms with Gasteiger partial charge in [0.15, 0.2) is 11.4 Å². The number of amides is 3. The Balaban J connectivity index is 0.841. The van der Waals surface area contributed by atoms with E-state index in [0.717, 1.165) is 68.1 Å². The number of pyridine rings is 2. The number of aromatic nitrogens is 6. The van der Waals surface area contributed by atoms with Crippen molar-refractivity contribution in [2.24, 2.45) is 13.0 Å². The molecule has 0 radical (unpaired) electrons. The number of nitrogens with zero attached hydrogens (tertiary/aromatic N) is 8. The maximum Gasteiger partial charge on any atom is 0.254 e. The largest absolute Gasteiger partial charge is 0.453 e. The number of hydrogen-bond donors (Lipinski definition) is 2. The molecule has 8 rings (SSSR count). The number of aromatic amines is 1. The van der Waals surface area contributed by atoms with Crippen molar-refractivity contribution < 1.29 is 19.1 Å². The first-order valence-corrected chi connectivity index (χ1v) is 18.9. The predicted octanol–water partition coefficient (Wildman–Crippen LogP) is 5.09. The van der Waals surface area contributed by atoms with Crippen molar-refractivity contribution in [1.82, 2.24) is 44.8 Å². The van der Waals surface area contributed by atoms with Gasteiger partial charge in [-0.1, -0.05) is 11.6 Å². The average molecular weight is 751 g/mol. The molecule has 3 saturated heterocycles. The highest BCUT2D eigenvalue weighted by molar-refractivity contribution is 6.32. The number of carbonyl (C=O) groups excluding carboxylic acids is 3. The Bertz CT molecular complexity index is 2210. The third-order valence-electron chi connectivity index (χ3n) is 10.9. The summed E-state index contributed by atoms with van der Waals surface area (Å²) in [4.78, 5) is 61.2. The summed E-state index contributed by atoms with van der Waals surface area (Å²) in [5, 5.41) is 7.20. The van der Waals surface area contributed by atoms with Gasteiger partial charge < -0.3 is 19.5 Å². The van der Waals surface area contributed by atoms with Crippen LogP contribution in [-0.2, 0) is 16.6 Å². The van der Waals surface area contributed by atoms with Crippen LogP contribution in [0, 0.1) is 12.8 Å². The Morgan fingerprint density at radius 3 is 2.56 bits per heavy atom. The van der Waals surface area contributed by atoms with Crippen molar-refractivity contribution in [3.05, 3.63) is 77.0 Å². The van der Waals surface area contributed by atoms with E-state index in [1.54, 1.807) is 35.1 Å². The third-order valence-corrected chi connectivity index (χ3v) is 11.1. The lowest BCUT2D eigenvalue weighted by Gasteiger charge is -2.42. The Morgan fingerprint density at radius 2 is 1.83 bits per heavy atom. The summed E-state index contributed by atoms with van der Waals surface area (Å²) in [7, 11) is 1.86. The lowest BCUT2D eigenvalue weighted by molar-refractivity contribution is -0.134. The number of benzene rings is 1. The number of rotatable bonds is 8. The molecular formula is C39H43ClN10O4. The van der Waals surface area contributed by atoms with E-state index < -0.39 is 0 Å². The number of ether oxygens (including phenoxy) is 1. The fourth-order valence-electron chi connectivity index (χ4n) is 7.98. The van der Waals surface area contributed by atoms with Gasteiger partial charge >= 0.3 is 0 Å². The molecule has 4 aromatic heterocycles. The molecule has 14 nitrogen and oxygen atoms in total. The van der Waals surface area contributed by atoms with Gasteiger partial charge in [0.25, 0.3) is 5.91 Å². The number of fused-ring (bicyclic) bond motifs is 1. The van der Waals surface area contributed by atoms with E-state index in [4.69, 9.17) is 16.3 Å². The Labute approximate surface area is 317 Å². The number of imidazole rings is 1. The quantitative estimate of drug-likeness (QED) is 0.205. The first-order chi connectivity index (χ1) is 26.1. The Hall–Kier alpha value is -5.34. The van der Waals surface area contributed by atoms with E-state index in [1.807, 2.05) is 31.3 Å². The monoisotopic (exact) mass is 750 g/mol. The van der Waals surface area contributed by atoms with Gasteiger partial charge in [0.1, 0.15) is 22.1 Å². The summed E-state index contributed by atoms with van der Waals surface area (Å²) < 4.78 is 7.97. The van der Waals surface area contributed by atoms with Gasteiger partial charge in [0.2, 0.25) is 11.8 Å². The minimum atomic E-state index is -0.336. The standard InChI is InChI=1S/C39H43ClN10O4/c1-23-20-48(21-25-10-12-49(13-11-25)28-16-27(17-41-18-28)30-8-9-33(51)43-38(30)52)14-15-50(23)39(53)26-4-6-29(7-5-26)54-35-32(40)19-42-37-34(35)44-36(45-37)31-22-47(3)46-24(31)2/h4-7,16-19,22-23,25,30H,8-15,20-21H2,1-3H3,(H,42,44,45)(H,43,51,52)/t23-,30-/m0/s1. The summed E-state index contributed by atoms with van der Waals surface area (Å²) in [6.07, 6.45) is 10.0. The van der Waals surface area contributed by atoms with Crippen LogP contribution in [0.15, 0.2) is 55.1 Å². The van der Waals surface area contributed by atoms with E-state index >= 15 is 0 Å². The smallest absolute Gasteiger partial charge is 0.254 e. The van der Waals surface area contributed by atoms with E-state index in [2.05, 4.69) is 53.1 Å². The van der Waals surface area contributed by atoms with Crippen molar-refractivity contribution in [2.45, 2.75) is 51.5 Å². The molecule has 3 aliphatic heterocycles. The highest BCUT2D eigenvalue weighted by atomic mass is 35.5. The summed E-state index contributed by atoms with van der Waals surface area (Å²) in [6.45, 7) is 9.21. The van der Waals surface area contributed by atoms with Gasteiger partial charge in [0.05, 0.1) is 35.3 Å². The van der Waals surface area contributed by atoms with E-state index in [-0.39, 0.29) is 29.7 Å². The normalized spacial score (nSPS) is 20.1. The zero-order valence-corrected chi connectivity index (χ0v) is 31.3. The number of halogens is 1. The van der Waals surface area contributed by atoms with Gasteiger partial charge in [-0.05, 0) is 74.9 Å². The number of H-pyrrole nitrogens is 1. The zero-order valence-electron chi connectivity index (χ0n) is 30.6. The number of anilines is 1. The summed E-state index contributed by atoms with van der Waals surface area (Å²) in [5.41, 5.74) is 5.25. The van der Waals surface area contributed by atoms with Crippen LogP contribution in [0.25, 0.3) is 22.6 Å². The summed E-state index contributed by atoms with van der Waals surface area (Å²) in [6, 6.07) is 9.29. The van der Waals surface area contributed by atoms with Gasteiger partial charge in [-0.15, -0.1) is 0 Å². The molecular weight excluding hydrogens is 708 g/mol. The molecule has 54 heavy (non-hydrogen) atoms. The molecule has 0 unspecified atom stereocenters. The molecule has 7 heterocycles. The van der Waals surface area contributed by atoms with Crippen LogP contribution in [0.4, 0.5) is 5.69 Å². The second-order valence-corrected chi connectivity index (χ2v) is 15.1. The summed E-state index contributed by atoms with van der Waals surface area (Å²) in [5.74, 6) is 1.36. The van der Waals surface area contributed by atoms with Crippen LogP contribution in [0.1, 0.15) is 60.1 Å². The van der Waals surface area contributed by atoms with Crippen LogP contribution >= 0.6 is 11.6 Å². The minimum absolute atomic E-state index is 0.00420. The number of carbonyl (C=O) groups is 3. The molecule has 3 amide bonds. The van der Waals surface area contributed by atoms with Gasteiger partial charge in [-0.3, -0.25) is 34.3 Å². The number of imide groups is 1. The number of piperazine rings is 1. The average Bonchev–Trinajstić information content (AvgIpc) is 3.75. The molecule has 0 spiro atoms. The molecule has 5 aromatic rings. The van der Waals surface area contributed by atoms with Crippen LogP contribution in [0.3, 0.4) is 0 Å². The van der Waals surface area contributed by atoms with Crippen molar-refractivity contribution >= 4 is 46.2 Å². The summed E-state index contributed by atoms with van der Waals surface area (Å²) >= 11 is 6.55. The van der Waals surface area contributed by atoms with E-state index in [9.17, 15) is 14.4 Å². The molecule has 1 aromatic carbocycles. The SMILES string of the molecule is Cc1nn(C)cc1-c1nc2ncc(Cl)c(Oc3ccc(C(=O)N4CCN(CC5CCN(c6cncc([C@@H]7CCC(=O)NC7=O)c6)CC5)C[C@@H]4C)cc3)c2[nH]1. The molecule has 0 bridgehead atoms. The maximum absolute atomic E-state index is 13.7. The fourth-order valence-corrected chi connectivity index (χ4v) is 8.16. The van der Waals surface area contributed by atoms with E-state index in [1.165, 1.54) is 6.20 Å². The number of nitrogens with one attached hydrogen (secondary N) is 2. The lowest BCUT2D eigenvalue weighted by Crippen LogP contribution is -2.55.